The number of amides is 2. The van der Waals surface area contributed by atoms with Gasteiger partial charge in [0.05, 0.1) is 17.4 Å². The van der Waals surface area contributed by atoms with Gasteiger partial charge in [0.25, 0.3) is 0 Å². The molecule has 7 heteroatoms. The van der Waals surface area contributed by atoms with Crippen molar-refractivity contribution < 1.29 is 24.3 Å². The van der Waals surface area contributed by atoms with Crippen LogP contribution < -0.4 is 10.6 Å². The Morgan fingerprint density at radius 2 is 1.00 bits per heavy atom. The highest BCUT2D eigenvalue weighted by molar-refractivity contribution is 6.00. The second-order valence-corrected chi connectivity index (χ2v) is 11.4. The molecule has 0 saturated heterocycles. The fourth-order valence-electron chi connectivity index (χ4n) is 6.27. The number of aromatic carboxylic acids is 1. The van der Waals surface area contributed by atoms with Crippen LogP contribution in [-0.2, 0) is 9.59 Å². The summed E-state index contributed by atoms with van der Waals surface area (Å²) in [5.41, 5.74) is 2.87. The van der Waals surface area contributed by atoms with Gasteiger partial charge in [-0.3, -0.25) is 14.4 Å². The number of Topliss-reactive ketones (excluding diaryl/α,β-unsaturated/α-hetero) is 1. The summed E-state index contributed by atoms with van der Waals surface area (Å²) in [5.74, 6) is -2.72. The van der Waals surface area contributed by atoms with Gasteiger partial charge in [0, 0.05) is 35.4 Å². The van der Waals surface area contributed by atoms with Gasteiger partial charge < -0.3 is 15.7 Å². The number of carboxylic acids is 1. The highest BCUT2D eigenvalue weighted by Crippen LogP contribution is 2.45. The van der Waals surface area contributed by atoms with Crippen LogP contribution >= 0.6 is 0 Å². The predicted octanol–water partition coefficient (Wildman–Crippen LogP) is 4.55. The number of carbonyl (C=O) groups excluding carboxylic acids is 3. The Morgan fingerprint density at radius 1 is 0.575 bits per heavy atom. The molecule has 204 valence electrons. The third-order valence-corrected chi connectivity index (χ3v) is 8.71. The van der Waals surface area contributed by atoms with Crippen molar-refractivity contribution in [3.63, 3.8) is 0 Å². The lowest BCUT2D eigenvalue weighted by Gasteiger charge is -2.19. The Labute approximate surface area is 233 Å². The summed E-state index contributed by atoms with van der Waals surface area (Å²) in [6.07, 6.45) is 2.30. The monoisotopic (exact) mass is 536 g/mol. The molecule has 0 heterocycles. The van der Waals surface area contributed by atoms with Gasteiger partial charge in [-0.25, -0.2) is 4.79 Å². The van der Waals surface area contributed by atoms with Gasteiger partial charge in [-0.2, -0.15) is 0 Å². The molecule has 0 aliphatic heterocycles. The number of ketones is 1. The third-order valence-electron chi connectivity index (χ3n) is 8.71. The van der Waals surface area contributed by atoms with E-state index in [1.54, 1.807) is 0 Å². The zero-order chi connectivity index (χ0) is 27.8. The summed E-state index contributed by atoms with van der Waals surface area (Å²) in [6, 6.07) is 26.0. The maximum absolute atomic E-state index is 13.5. The van der Waals surface area contributed by atoms with Crippen molar-refractivity contribution in [3.05, 3.63) is 107 Å². The maximum Gasteiger partial charge on any atom is 0.335 e. The minimum Gasteiger partial charge on any atom is -0.478 e. The van der Waals surface area contributed by atoms with Crippen LogP contribution in [0, 0.1) is 17.8 Å². The molecule has 40 heavy (non-hydrogen) atoms. The zero-order valence-corrected chi connectivity index (χ0v) is 22.0. The highest BCUT2D eigenvalue weighted by atomic mass is 16.4. The third kappa shape index (κ3) is 5.41. The lowest BCUT2D eigenvalue weighted by atomic mass is 9.94. The summed E-state index contributed by atoms with van der Waals surface area (Å²) in [6.45, 7) is 0. The number of carbonyl (C=O) groups is 4. The van der Waals surface area contributed by atoms with Crippen LogP contribution in [0.3, 0.4) is 0 Å². The van der Waals surface area contributed by atoms with E-state index in [0.29, 0.717) is 18.4 Å². The first-order valence-corrected chi connectivity index (χ1v) is 14.0. The molecule has 0 bridgehead atoms. The van der Waals surface area contributed by atoms with Gasteiger partial charge in [0.15, 0.2) is 5.78 Å². The van der Waals surface area contributed by atoms with Crippen molar-refractivity contribution in [2.45, 2.75) is 49.6 Å². The van der Waals surface area contributed by atoms with Crippen molar-refractivity contribution >= 4 is 23.6 Å². The summed E-state index contributed by atoms with van der Waals surface area (Å²) in [5, 5.41) is 15.5. The molecule has 2 amide bonds. The van der Waals surface area contributed by atoms with Gasteiger partial charge in [-0.15, -0.1) is 0 Å². The standard InChI is InChI=1S/C33H32N2O5/c36-30(21-11-13-22(14-12-21)33(39)40)23-15-26(31(37)34-28-17-24(28)19-7-3-1-4-8-19)27(16-23)32(38)35-29-18-25(29)20-9-5-2-6-10-20/h1-14,23-29H,15-18H2,(H,34,37)(H,35,38)(H,39,40)/t24-,25-,26-,27-,28+,29+/m1/s1. The Bertz CT molecular complexity index is 1350. The molecule has 0 aromatic heterocycles. The van der Waals surface area contributed by atoms with Crippen LogP contribution in [0.4, 0.5) is 0 Å². The first kappa shape index (κ1) is 26.0. The fraction of sp³-hybridized carbons (Fsp3) is 0.333. The second-order valence-electron chi connectivity index (χ2n) is 11.4. The zero-order valence-electron chi connectivity index (χ0n) is 22.0. The number of hydrogen-bond donors (Lipinski definition) is 3. The Hall–Kier alpha value is -4.26. The lowest BCUT2D eigenvalue weighted by Crippen LogP contribution is -2.41. The van der Waals surface area contributed by atoms with Crippen LogP contribution in [0.5, 0.6) is 0 Å². The quantitative estimate of drug-likeness (QED) is 0.347. The Balaban J connectivity index is 1.15. The van der Waals surface area contributed by atoms with E-state index in [0.717, 1.165) is 12.8 Å². The van der Waals surface area contributed by atoms with Crippen LogP contribution in [-0.4, -0.2) is 40.8 Å². The van der Waals surface area contributed by atoms with E-state index in [-0.39, 0.29) is 47.1 Å². The van der Waals surface area contributed by atoms with E-state index >= 15 is 0 Å². The van der Waals surface area contributed by atoms with Crippen LogP contribution in [0.25, 0.3) is 0 Å². The van der Waals surface area contributed by atoms with Crippen LogP contribution in [0.15, 0.2) is 84.9 Å². The summed E-state index contributed by atoms with van der Waals surface area (Å²) >= 11 is 0. The summed E-state index contributed by atoms with van der Waals surface area (Å²) in [4.78, 5) is 51.7. The molecule has 7 nitrogen and oxygen atoms in total. The van der Waals surface area contributed by atoms with E-state index in [1.807, 2.05) is 36.4 Å². The number of carboxylic acid groups (broad SMARTS) is 1. The molecule has 3 saturated carbocycles. The molecule has 3 N–H and O–H groups in total. The number of rotatable bonds is 9. The van der Waals surface area contributed by atoms with Gasteiger partial charge >= 0.3 is 5.97 Å². The molecule has 3 aromatic carbocycles. The molecule has 6 rings (SSSR count). The van der Waals surface area contributed by atoms with E-state index in [2.05, 4.69) is 34.9 Å². The molecule has 0 spiro atoms. The fourth-order valence-corrected chi connectivity index (χ4v) is 6.27. The number of nitrogens with one attached hydrogen (secondary N) is 2. The molecular weight excluding hydrogens is 504 g/mol. The van der Waals surface area contributed by atoms with Gasteiger partial charge in [0.1, 0.15) is 0 Å². The van der Waals surface area contributed by atoms with E-state index in [9.17, 15) is 24.3 Å². The van der Waals surface area contributed by atoms with Crippen molar-refractivity contribution in [2.24, 2.45) is 17.8 Å². The van der Waals surface area contributed by atoms with Gasteiger partial charge in [-0.05, 0) is 48.9 Å². The number of benzene rings is 3. The van der Waals surface area contributed by atoms with Crippen LogP contribution in [0.1, 0.15) is 69.4 Å². The van der Waals surface area contributed by atoms with Gasteiger partial charge in [-0.1, -0.05) is 72.8 Å². The van der Waals surface area contributed by atoms with Crippen molar-refractivity contribution in [1.29, 1.82) is 0 Å². The van der Waals surface area contributed by atoms with E-state index in [1.165, 1.54) is 35.4 Å². The summed E-state index contributed by atoms with van der Waals surface area (Å²) < 4.78 is 0. The van der Waals surface area contributed by atoms with Crippen LogP contribution in [0.2, 0.25) is 0 Å². The van der Waals surface area contributed by atoms with Crippen molar-refractivity contribution in [3.8, 4) is 0 Å². The predicted molar refractivity (Wildman–Crippen MR) is 149 cm³/mol. The van der Waals surface area contributed by atoms with Crippen molar-refractivity contribution in [2.75, 3.05) is 0 Å². The SMILES string of the molecule is O=C(O)c1ccc(C(=O)C2C[C@@H](C(=O)N[C@H]3C[C@@H]3c3ccccc3)[C@H](C(=O)N[C@H]3C[C@@H]3c3ccccc3)C2)cc1. The Morgan fingerprint density at radius 3 is 1.43 bits per heavy atom. The average Bonchev–Trinajstić information content (AvgIpc) is 3.88. The molecule has 0 radical (unpaired) electrons. The minimum absolute atomic E-state index is 0.0304. The molecule has 3 aliphatic carbocycles. The molecule has 6 atom stereocenters. The van der Waals surface area contributed by atoms with E-state index < -0.39 is 23.7 Å². The van der Waals surface area contributed by atoms with Crippen molar-refractivity contribution in [1.82, 2.24) is 10.6 Å². The maximum atomic E-state index is 13.5. The largest absolute Gasteiger partial charge is 0.478 e. The molecule has 3 fully saturated rings. The minimum atomic E-state index is -1.06. The summed E-state index contributed by atoms with van der Waals surface area (Å²) in [7, 11) is 0. The smallest absolute Gasteiger partial charge is 0.335 e. The number of hydrogen-bond acceptors (Lipinski definition) is 4. The normalized spacial score (nSPS) is 27.0. The average molecular weight is 537 g/mol. The Kier molecular flexibility index (Phi) is 6.96. The molecule has 3 aliphatic rings. The molecular formula is C33H32N2O5. The topological polar surface area (TPSA) is 113 Å². The lowest BCUT2D eigenvalue weighted by molar-refractivity contribution is -0.133. The van der Waals surface area contributed by atoms with E-state index in [4.69, 9.17) is 0 Å². The molecule has 0 unspecified atom stereocenters. The first-order valence-electron chi connectivity index (χ1n) is 14.0. The molecule has 3 aromatic rings. The first-order chi connectivity index (χ1) is 19.4. The highest BCUT2D eigenvalue weighted by Gasteiger charge is 2.49. The van der Waals surface area contributed by atoms with Gasteiger partial charge in [0.2, 0.25) is 11.8 Å². The second kappa shape index (κ2) is 10.7.